The maximum absolute atomic E-state index is 13.7. The Morgan fingerprint density at radius 2 is 1.57 bits per heavy atom. The molecule has 2 aromatic carbocycles. The highest BCUT2D eigenvalue weighted by Crippen LogP contribution is 2.37. The SMILES string of the molecule is Cc1c(N2C(=O)/C(=C/c3c(Oc4ccccc4)nc4ccccn4c3=O)SC2=S)c(=O)n(-c2ccccc2)n1C. The van der Waals surface area contributed by atoms with Gasteiger partial charge in [-0.05, 0) is 49.4 Å². The number of anilines is 1. The molecule has 11 heteroatoms. The van der Waals surface area contributed by atoms with Crippen molar-refractivity contribution in [3.63, 3.8) is 0 Å². The Bertz CT molecular complexity index is 1960. The first-order valence-corrected chi connectivity index (χ1v) is 13.4. The number of hydrogen-bond donors (Lipinski definition) is 0. The van der Waals surface area contributed by atoms with Gasteiger partial charge in [0.25, 0.3) is 17.0 Å². The fourth-order valence-corrected chi connectivity index (χ4v) is 5.74. The van der Waals surface area contributed by atoms with Crippen molar-refractivity contribution >= 4 is 51.6 Å². The maximum Gasteiger partial charge on any atom is 0.296 e. The van der Waals surface area contributed by atoms with Crippen molar-refractivity contribution in [1.29, 1.82) is 0 Å². The van der Waals surface area contributed by atoms with Gasteiger partial charge in [0, 0.05) is 13.2 Å². The van der Waals surface area contributed by atoms with Crippen LogP contribution in [0.2, 0.25) is 0 Å². The van der Waals surface area contributed by atoms with Crippen LogP contribution in [0.1, 0.15) is 11.3 Å². The van der Waals surface area contributed by atoms with Crippen LogP contribution in [-0.4, -0.2) is 29.0 Å². The van der Waals surface area contributed by atoms with Crippen LogP contribution in [0, 0.1) is 6.92 Å². The summed E-state index contributed by atoms with van der Waals surface area (Å²) in [5.74, 6) is 0.0254. The van der Waals surface area contributed by atoms with Gasteiger partial charge in [-0.2, -0.15) is 4.98 Å². The van der Waals surface area contributed by atoms with Crippen molar-refractivity contribution in [2.24, 2.45) is 7.05 Å². The summed E-state index contributed by atoms with van der Waals surface area (Å²) in [5.41, 5.74) is 1.05. The Labute approximate surface area is 237 Å². The van der Waals surface area contributed by atoms with Gasteiger partial charge in [-0.15, -0.1) is 0 Å². The number of hydrogen-bond acceptors (Lipinski definition) is 7. The molecule has 1 saturated heterocycles. The van der Waals surface area contributed by atoms with Crippen molar-refractivity contribution in [1.82, 2.24) is 18.7 Å². The van der Waals surface area contributed by atoms with Crippen LogP contribution in [0.15, 0.2) is 99.6 Å². The average Bonchev–Trinajstić information content (AvgIpc) is 3.36. The average molecular weight is 568 g/mol. The zero-order chi connectivity index (χ0) is 28.0. The third-order valence-corrected chi connectivity index (χ3v) is 7.81. The number of nitrogens with zero attached hydrogens (tertiary/aromatic N) is 5. The fraction of sp³-hybridized carbons (Fsp3) is 0.0690. The number of thiocarbonyl (C=S) groups is 1. The normalized spacial score (nSPS) is 14.4. The predicted octanol–water partition coefficient (Wildman–Crippen LogP) is 4.69. The minimum atomic E-state index is -0.510. The van der Waals surface area contributed by atoms with E-state index < -0.39 is 11.5 Å². The summed E-state index contributed by atoms with van der Waals surface area (Å²) in [7, 11) is 1.75. The van der Waals surface area contributed by atoms with Crippen LogP contribution in [-0.2, 0) is 11.8 Å². The summed E-state index contributed by atoms with van der Waals surface area (Å²) in [5, 5.41) is 0. The Kier molecular flexibility index (Phi) is 6.45. The summed E-state index contributed by atoms with van der Waals surface area (Å²) in [6.45, 7) is 1.75. The van der Waals surface area contributed by atoms with Crippen LogP contribution in [0.4, 0.5) is 5.69 Å². The molecule has 9 nitrogen and oxygen atoms in total. The molecule has 0 radical (unpaired) electrons. The summed E-state index contributed by atoms with van der Waals surface area (Å²) >= 11 is 6.58. The molecular weight excluding hydrogens is 546 g/mol. The lowest BCUT2D eigenvalue weighted by Gasteiger charge is -2.12. The number of pyridine rings is 1. The molecule has 198 valence electrons. The quantitative estimate of drug-likeness (QED) is 0.225. The number of amides is 1. The van der Waals surface area contributed by atoms with Crippen molar-refractivity contribution in [3.05, 3.63) is 122 Å². The van der Waals surface area contributed by atoms with Gasteiger partial charge in [-0.3, -0.25) is 28.4 Å². The lowest BCUT2D eigenvalue weighted by molar-refractivity contribution is -0.113. The highest BCUT2D eigenvalue weighted by molar-refractivity contribution is 8.27. The molecule has 3 aromatic heterocycles. The molecule has 0 N–H and O–H groups in total. The van der Waals surface area contributed by atoms with E-state index in [1.54, 1.807) is 67.3 Å². The standard InChI is InChI=1S/C29H21N5O4S2/c1-18-24(28(37)34(31(18)2)19-11-5-3-6-12-19)33-27(36)22(40-29(33)39)17-21-25(38-20-13-7-4-8-14-20)30-23-15-9-10-16-32(23)26(21)35/h3-17H,1-2H3/b22-17-. The Balaban J connectivity index is 1.46. The number of ether oxygens (including phenoxy) is 1. The van der Waals surface area contributed by atoms with E-state index in [9.17, 15) is 14.4 Å². The van der Waals surface area contributed by atoms with E-state index in [0.717, 1.165) is 11.8 Å². The predicted molar refractivity (Wildman–Crippen MR) is 159 cm³/mol. The van der Waals surface area contributed by atoms with E-state index in [-0.39, 0.29) is 31.9 Å². The molecular formula is C29H21N5O4S2. The summed E-state index contributed by atoms with van der Waals surface area (Å²) < 4.78 is 10.7. The number of rotatable bonds is 5. The number of carbonyl (C=O) groups excluding carboxylic acids is 1. The van der Waals surface area contributed by atoms with Gasteiger partial charge in [0.15, 0.2) is 4.32 Å². The van der Waals surface area contributed by atoms with Gasteiger partial charge in [0.2, 0.25) is 5.88 Å². The lowest BCUT2D eigenvalue weighted by atomic mass is 10.2. The third-order valence-electron chi connectivity index (χ3n) is 6.51. The number of carbonyl (C=O) groups is 1. The van der Waals surface area contributed by atoms with Gasteiger partial charge in [0.1, 0.15) is 22.6 Å². The lowest BCUT2D eigenvalue weighted by Crippen LogP contribution is -2.33. The van der Waals surface area contributed by atoms with Crippen molar-refractivity contribution in [3.8, 4) is 17.3 Å². The van der Waals surface area contributed by atoms with Crippen molar-refractivity contribution in [2.75, 3.05) is 4.90 Å². The molecule has 40 heavy (non-hydrogen) atoms. The number of aromatic nitrogens is 4. The molecule has 5 aromatic rings. The van der Waals surface area contributed by atoms with Crippen LogP contribution in [0.5, 0.6) is 11.6 Å². The molecule has 0 bridgehead atoms. The summed E-state index contributed by atoms with van der Waals surface area (Å²) in [6, 6.07) is 23.3. The van der Waals surface area contributed by atoms with E-state index in [1.165, 1.54) is 20.1 Å². The van der Waals surface area contributed by atoms with Crippen LogP contribution < -0.4 is 20.8 Å². The minimum absolute atomic E-state index is 0.0509. The van der Waals surface area contributed by atoms with Crippen LogP contribution >= 0.6 is 24.0 Å². The largest absolute Gasteiger partial charge is 0.438 e. The highest BCUT2D eigenvalue weighted by atomic mass is 32.2. The van der Waals surface area contributed by atoms with Gasteiger partial charge in [-0.1, -0.05) is 66.4 Å². The number of thioether (sulfide) groups is 1. The summed E-state index contributed by atoms with van der Waals surface area (Å²) in [4.78, 5) is 46.8. The van der Waals surface area contributed by atoms with E-state index in [4.69, 9.17) is 17.0 Å². The zero-order valence-corrected chi connectivity index (χ0v) is 23.0. The first-order chi connectivity index (χ1) is 19.3. The van der Waals surface area contributed by atoms with Gasteiger partial charge in [-0.25, -0.2) is 4.68 Å². The molecule has 0 unspecified atom stereocenters. The second-order valence-electron chi connectivity index (χ2n) is 8.91. The Morgan fingerprint density at radius 1 is 0.900 bits per heavy atom. The highest BCUT2D eigenvalue weighted by Gasteiger charge is 2.38. The van der Waals surface area contributed by atoms with Gasteiger partial charge < -0.3 is 4.74 Å². The second-order valence-corrected chi connectivity index (χ2v) is 10.6. The Morgan fingerprint density at radius 3 is 2.30 bits per heavy atom. The third kappa shape index (κ3) is 4.25. The first-order valence-electron chi connectivity index (χ1n) is 12.2. The maximum atomic E-state index is 13.7. The van der Waals surface area contributed by atoms with E-state index in [1.807, 2.05) is 36.4 Å². The molecule has 1 amide bonds. The molecule has 1 aliphatic heterocycles. The van der Waals surface area contributed by atoms with E-state index in [0.29, 0.717) is 22.8 Å². The fourth-order valence-electron chi connectivity index (χ4n) is 4.49. The molecule has 0 atom stereocenters. The van der Waals surface area contributed by atoms with E-state index >= 15 is 0 Å². The van der Waals surface area contributed by atoms with E-state index in [2.05, 4.69) is 4.98 Å². The second kappa shape index (κ2) is 10.1. The van der Waals surface area contributed by atoms with Crippen LogP contribution in [0.25, 0.3) is 17.4 Å². The first kappa shape index (κ1) is 25.5. The Hall–Kier alpha value is -4.74. The number of fused-ring (bicyclic) bond motifs is 1. The molecule has 0 spiro atoms. The molecule has 0 aliphatic carbocycles. The molecule has 1 fully saturated rings. The topological polar surface area (TPSA) is 90.8 Å². The molecule has 6 rings (SSSR count). The molecule has 1 aliphatic rings. The monoisotopic (exact) mass is 567 g/mol. The number of para-hydroxylation sites is 2. The van der Waals surface area contributed by atoms with Crippen molar-refractivity contribution < 1.29 is 9.53 Å². The molecule has 0 saturated carbocycles. The van der Waals surface area contributed by atoms with Crippen molar-refractivity contribution in [2.45, 2.75) is 6.92 Å². The zero-order valence-electron chi connectivity index (χ0n) is 21.3. The van der Waals surface area contributed by atoms with Gasteiger partial charge >= 0.3 is 0 Å². The van der Waals surface area contributed by atoms with Gasteiger partial charge in [0.05, 0.1) is 16.3 Å². The smallest absolute Gasteiger partial charge is 0.296 e. The number of benzene rings is 2. The minimum Gasteiger partial charge on any atom is -0.438 e. The molecule has 4 heterocycles. The van der Waals surface area contributed by atoms with Crippen LogP contribution in [0.3, 0.4) is 0 Å². The summed E-state index contributed by atoms with van der Waals surface area (Å²) in [6.07, 6.45) is 3.03.